The predicted molar refractivity (Wildman–Crippen MR) is 131 cm³/mol. The van der Waals surface area contributed by atoms with Crippen LogP contribution in [0.5, 0.6) is 5.75 Å². The highest BCUT2D eigenvalue weighted by Gasteiger charge is 2.13. The van der Waals surface area contributed by atoms with Gasteiger partial charge in [0.05, 0.1) is 10.2 Å². The summed E-state index contributed by atoms with van der Waals surface area (Å²) in [4.78, 5) is 14.2. The van der Waals surface area contributed by atoms with Crippen LogP contribution in [-0.2, 0) is 11.2 Å². The number of aromatic nitrogens is 3. The molecular formula is C25H25BrN4O2. The van der Waals surface area contributed by atoms with Gasteiger partial charge >= 0.3 is 0 Å². The lowest BCUT2D eigenvalue weighted by atomic mass is 10.1. The van der Waals surface area contributed by atoms with Crippen molar-refractivity contribution in [2.45, 2.75) is 34.1 Å². The van der Waals surface area contributed by atoms with E-state index in [1.54, 1.807) is 4.80 Å². The lowest BCUT2D eigenvalue weighted by Crippen LogP contribution is -2.21. The van der Waals surface area contributed by atoms with Crippen molar-refractivity contribution < 1.29 is 9.53 Å². The van der Waals surface area contributed by atoms with E-state index in [-0.39, 0.29) is 12.5 Å². The van der Waals surface area contributed by atoms with Crippen molar-refractivity contribution in [3.8, 4) is 11.4 Å². The Kier molecular flexibility index (Phi) is 6.28. The molecule has 7 heteroatoms. The quantitative estimate of drug-likeness (QED) is 0.375. The second kappa shape index (κ2) is 9.12. The summed E-state index contributed by atoms with van der Waals surface area (Å²) in [6.45, 7) is 7.95. The minimum atomic E-state index is -0.234. The zero-order chi connectivity index (χ0) is 22.8. The van der Waals surface area contributed by atoms with Crippen LogP contribution in [0.25, 0.3) is 16.7 Å². The van der Waals surface area contributed by atoms with Crippen molar-refractivity contribution in [1.82, 2.24) is 15.0 Å². The van der Waals surface area contributed by atoms with Gasteiger partial charge in [-0.1, -0.05) is 25.1 Å². The molecule has 1 heterocycles. The van der Waals surface area contributed by atoms with Crippen molar-refractivity contribution in [2.24, 2.45) is 0 Å². The SMILES string of the molecule is CCc1ccc(-n2nc3cc(C)c(NC(=O)COc4c(C)cc(C)cc4Br)cc3n2)cc1. The summed E-state index contributed by atoms with van der Waals surface area (Å²) in [6, 6.07) is 15.9. The van der Waals surface area contributed by atoms with E-state index in [2.05, 4.69) is 50.5 Å². The molecule has 0 atom stereocenters. The average Bonchev–Trinajstić information content (AvgIpc) is 3.16. The van der Waals surface area contributed by atoms with E-state index in [1.165, 1.54) is 5.56 Å². The third-order valence-electron chi connectivity index (χ3n) is 5.30. The molecular weight excluding hydrogens is 468 g/mol. The van der Waals surface area contributed by atoms with Crippen LogP contribution < -0.4 is 10.1 Å². The van der Waals surface area contributed by atoms with Crippen LogP contribution >= 0.6 is 15.9 Å². The Labute approximate surface area is 195 Å². The Morgan fingerprint density at radius 2 is 1.69 bits per heavy atom. The Hall–Kier alpha value is -3.19. The van der Waals surface area contributed by atoms with Crippen LogP contribution in [-0.4, -0.2) is 27.5 Å². The summed E-state index contributed by atoms with van der Waals surface area (Å²) in [5.41, 5.74) is 7.36. The minimum Gasteiger partial charge on any atom is -0.482 e. The molecule has 0 aliphatic heterocycles. The van der Waals surface area contributed by atoms with E-state index in [1.807, 2.05) is 57.2 Å². The highest BCUT2D eigenvalue weighted by molar-refractivity contribution is 9.10. The Bertz CT molecular complexity index is 1270. The van der Waals surface area contributed by atoms with E-state index in [4.69, 9.17) is 4.74 Å². The number of hydrogen-bond donors (Lipinski definition) is 1. The number of amides is 1. The monoisotopic (exact) mass is 492 g/mol. The second-order valence-electron chi connectivity index (χ2n) is 7.89. The zero-order valence-corrected chi connectivity index (χ0v) is 20.2. The van der Waals surface area contributed by atoms with Gasteiger partial charge in [0.15, 0.2) is 6.61 Å². The fourth-order valence-electron chi connectivity index (χ4n) is 3.59. The zero-order valence-electron chi connectivity index (χ0n) is 18.6. The summed E-state index contributed by atoms with van der Waals surface area (Å²) in [7, 11) is 0. The number of nitrogens with zero attached hydrogens (tertiary/aromatic N) is 3. The van der Waals surface area contributed by atoms with Gasteiger partial charge in [-0.25, -0.2) is 0 Å². The maximum atomic E-state index is 12.6. The van der Waals surface area contributed by atoms with Gasteiger partial charge in [-0.05, 0) is 95.7 Å². The van der Waals surface area contributed by atoms with Crippen LogP contribution in [0.15, 0.2) is 53.0 Å². The van der Waals surface area contributed by atoms with Crippen molar-refractivity contribution in [1.29, 1.82) is 0 Å². The first-order valence-electron chi connectivity index (χ1n) is 10.5. The van der Waals surface area contributed by atoms with E-state index in [0.29, 0.717) is 17.0 Å². The first-order chi connectivity index (χ1) is 15.3. The molecule has 1 N–H and O–H groups in total. The van der Waals surface area contributed by atoms with Gasteiger partial charge in [-0.2, -0.15) is 4.80 Å². The van der Waals surface area contributed by atoms with Crippen molar-refractivity contribution in [2.75, 3.05) is 11.9 Å². The van der Waals surface area contributed by atoms with Crippen LogP contribution in [0.1, 0.15) is 29.2 Å². The first kappa shape index (κ1) is 22.0. The summed E-state index contributed by atoms with van der Waals surface area (Å²) in [5.74, 6) is 0.442. The van der Waals surface area contributed by atoms with Gasteiger partial charge in [0.2, 0.25) is 0 Å². The molecule has 0 saturated carbocycles. The van der Waals surface area contributed by atoms with Crippen LogP contribution in [0, 0.1) is 20.8 Å². The molecule has 1 amide bonds. The van der Waals surface area contributed by atoms with E-state index in [9.17, 15) is 4.79 Å². The fraction of sp³-hybridized carbons (Fsp3) is 0.240. The van der Waals surface area contributed by atoms with Gasteiger partial charge < -0.3 is 10.1 Å². The summed E-state index contributed by atoms with van der Waals surface area (Å²) in [6.07, 6.45) is 0.987. The standard InChI is InChI=1S/C25H25BrN4O2/c1-5-18-6-8-19(9-7-18)30-28-22-12-16(3)21(13-23(22)29-30)27-24(31)14-32-25-17(4)10-15(2)11-20(25)26/h6-13H,5,14H2,1-4H3,(H,27,31). The molecule has 0 spiro atoms. The van der Waals surface area contributed by atoms with Gasteiger partial charge in [0.25, 0.3) is 5.91 Å². The molecule has 4 rings (SSSR count). The molecule has 164 valence electrons. The second-order valence-corrected chi connectivity index (χ2v) is 8.75. The maximum absolute atomic E-state index is 12.6. The summed E-state index contributed by atoms with van der Waals surface area (Å²) in [5, 5.41) is 12.1. The van der Waals surface area contributed by atoms with Gasteiger partial charge in [-0.15, -0.1) is 10.2 Å². The molecule has 0 aliphatic rings. The third kappa shape index (κ3) is 4.67. The number of carbonyl (C=O) groups excluding carboxylic acids is 1. The third-order valence-corrected chi connectivity index (χ3v) is 5.89. The molecule has 0 bridgehead atoms. The highest BCUT2D eigenvalue weighted by Crippen LogP contribution is 2.30. The van der Waals surface area contributed by atoms with Gasteiger partial charge in [-0.3, -0.25) is 4.79 Å². The average molecular weight is 493 g/mol. The summed E-state index contributed by atoms with van der Waals surface area (Å²) < 4.78 is 6.61. The molecule has 3 aromatic carbocycles. The largest absolute Gasteiger partial charge is 0.482 e. The molecule has 6 nitrogen and oxygen atoms in total. The molecule has 0 saturated heterocycles. The maximum Gasteiger partial charge on any atom is 0.262 e. The Balaban J connectivity index is 1.50. The Morgan fingerprint density at radius 1 is 1.00 bits per heavy atom. The Morgan fingerprint density at radius 3 is 2.34 bits per heavy atom. The number of aryl methyl sites for hydroxylation is 4. The molecule has 0 aliphatic carbocycles. The molecule has 0 unspecified atom stereocenters. The molecule has 1 aromatic heterocycles. The van der Waals surface area contributed by atoms with E-state index < -0.39 is 0 Å². The first-order valence-corrected chi connectivity index (χ1v) is 11.3. The number of rotatable bonds is 6. The van der Waals surface area contributed by atoms with Crippen molar-refractivity contribution in [3.05, 3.63) is 75.3 Å². The number of fused-ring (bicyclic) bond motifs is 1. The van der Waals surface area contributed by atoms with Crippen molar-refractivity contribution >= 4 is 38.6 Å². The molecule has 0 fully saturated rings. The van der Waals surface area contributed by atoms with Crippen LogP contribution in [0.2, 0.25) is 0 Å². The highest BCUT2D eigenvalue weighted by atomic mass is 79.9. The lowest BCUT2D eigenvalue weighted by molar-refractivity contribution is -0.118. The van der Waals surface area contributed by atoms with Gasteiger partial charge in [0.1, 0.15) is 16.8 Å². The number of halogens is 1. The number of ether oxygens (including phenoxy) is 1. The van der Waals surface area contributed by atoms with E-state index in [0.717, 1.165) is 38.8 Å². The number of benzene rings is 3. The molecule has 4 aromatic rings. The number of carbonyl (C=O) groups is 1. The fourth-order valence-corrected chi connectivity index (χ4v) is 4.38. The molecule has 0 radical (unpaired) electrons. The van der Waals surface area contributed by atoms with Crippen LogP contribution in [0.3, 0.4) is 0 Å². The smallest absolute Gasteiger partial charge is 0.262 e. The number of anilines is 1. The number of nitrogens with one attached hydrogen (secondary N) is 1. The van der Waals surface area contributed by atoms with Gasteiger partial charge in [0, 0.05) is 5.69 Å². The number of hydrogen-bond acceptors (Lipinski definition) is 4. The summed E-state index contributed by atoms with van der Waals surface area (Å²) >= 11 is 3.51. The van der Waals surface area contributed by atoms with Crippen molar-refractivity contribution in [3.63, 3.8) is 0 Å². The minimum absolute atomic E-state index is 0.0869. The predicted octanol–water partition coefficient (Wildman–Crippen LogP) is 5.69. The normalized spacial score (nSPS) is 11.0. The van der Waals surface area contributed by atoms with E-state index >= 15 is 0 Å². The topological polar surface area (TPSA) is 69.0 Å². The van der Waals surface area contributed by atoms with Crippen LogP contribution in [0.4, 0.5) is 5.69 Å². The lowest BCUT2D eigenvalue weighted by Gasteiger charge is -2.13. The molecule has 32 heavy (non-hydrogen) atoms.